The average molecular weight is 326 g/mol. The first-order valence-corrected chi connectivity index (χ1v) is 8.37. The first kappa shape index (κ1) is 16.7. The molecule has 2 heteroatoms. The van der Waals surface area contributed by atoms with Crippen LogP contribution in [0.25, 0.3) is 0 Å². The molecule has 1 aromatic rings. The molecule has 0 saturated carbocycles. The average Bonchev–Trinajstić information content (AvgIpc) is 2.38. The van der Waals surface area contributed by atoms with Crippen molar-refractivity contribution >= 4 is 15.9 Å². The lowest BCUT2D eigenvalue weighted by Crippen LogP contribution is -2.19. The molecular weight excluding hydrogens is 298 g/mol. The molecule has 1 nitrogen and oxygen atoms in total. The predicted octanol–water partition coefficient (Wildman–Crippen LogP) is 5.71. The Kier molecular flexibility index (Phi) is 8.40. The maximum Gasteiger partial charge on any atom is 0.0291 e. The van der Waals surface area contributed by atoms with Gasteiger partial charge in [0.2, 0.25) is 0 Å². The molecule has 108 valence electrons. The molecule has 0 aliphatic heterocycles. The van der Waals surface area contributed by atoms with Crippen LogP contribution in [0.3, 0.4) is 0 Å². The SMILES string of the molecule is CC(C)CCCCCCNC(C)c1ccc(Br)cc1. The summed E-state index contributed by atoms with van der Waals surface area (Å²) in [6.45, 7) is 7.98. The van der Waals surface area contributed by atoms with Gasteiger partial charge in [-0.3, -0.25) is 0 Å². The van der Waals surface area contributed by atoms with Crippen molar-refractivity contribution in [2.45, 2.75) is 58.9 Å². The molecule has 1 rings (SSSR count). The number of hydrogen-bond acceptors (Lipinski definition) is 1. The lowest BCUT2D eigenvalue weighted by molar-refractivity contribution is 0.498. The first-order chi connectivity index (χ1) is 9.09. The molecule has 0 amide bonds. The molecular formula is C17H28BrN. The van der Waals surface area contributed by atoms with Crippen molar-refractivity contribution in [3.8, 4) is 0 Å². The van der Waals surface area contributed by atoms with E-state index >= 15 is 0 Å². The highest BCUT2D eigenvalue weighted by molar-refractivity contribution is 9.10. The zero-order chi connectivity index (χ0) is 14.1. The van der Waals surface area contributed by atoms with Crippen LogP contribution in [-0.2, 0) is 0 Å². The second-order valence-corrected chi connectivity index (χ2v) is 6.74. The minimum absolute atomic E-state index is 0.448. The van der Waals surface area contributed by atoms with Crippen molar-refractivity contribution in [2.75, 3.05) is 6.54 Å². The Hall–Kier alpha value is -0.340. The number of benzene rings is 1. The lowest BCUT2D eigenvalue weighted by atomic mass is 10.0. The number of unbranched alkanes of at least 4 members (excludes halogenated alkanes) is 3. The van der Waals surface area contributed by atoms with Crippen LogP contribution in [0.1, 0.15) is 64.5 Å². The van der Waals surface area contributed by atoms with Crippen LogP contribution >= 0.6 is 15.9 Å². The van der Waals surface area contributed by atoms with Gasteiger partial charge in [0, 0.05) is 10.5 Å². The van der Waals surface area contributed by atoms with Gasteiger partial charge in [-0.15, -0.1) is 0 Å². The summed E-state index contributed by atoms with van der Waals surface area (Å²) in [4.78, 5) is 0. The van der Waals surface area contributed by atoms with Crippen LogP contribution in [0.15, 0.2) is 28.7 Å². The number of halogens is 1. The van der Waals surface area contributed by atoms with Crippen molar-refractivity contribution in [3.05, 3.63) is 34.3 Å². The molecule has 0 bridgehead atoms. The topological polar surface area (TPSA) is 12.0 Å². The monoisotopic (exact) mass is 325 g/mol. The van der Waals surface area contributed by atoms with E-state index in [1.165, 1.54) is 37.7 Å². The number of hydrogen-bond donors (Lipinski definition) is 1. The largest absolute Gasteiger partial charge is 0.310 e. The summed E-state index contributed by atoms with van der Waals surface area (Å²) >= 11 is 3.47. The second kappa shape index (κ2) is 9.55. The van der Waals surface area contributed by atoms with E-state index in [-0.39, 0.29) is 0 Å². The quantitative estimate of drug-likeness (QED) is 0.573. The molecule has 0 fully saturated rings. The summed E-state index contributed by atoms with van der Waals surface area (Å²) in [5.41, 5.74) is 1.36. The van der Waals surface area contributed by atoms with Gasteiger partial charge in [0.15, 0.2) is 0 Å². The summed E-state index contributed by atoms with van der Waals surface area (Å²) in [7, 11) is 0. The Balaban J connectivity index is 2.07. The van der Waals surface area contributed by atoms with Crippen molar-refractivity contribution in [3.63, 3.8) is 0 Å². The van der Waals surface area contributed by atoms with Crippen molar-refractivity contribution < 1.29 is 0 Å². The molecule has 0 spiro atoms. The number of rotatable bonds is 9. The summed E-state index contributed by atoms with van der Waals surface area (Å²) in [6.07, 6.45) is 6.79. The summed E-state index contributed by atoms with van der Waals surface area (Å²) in [6, 6.07) is 9.04. The third kappa shape index (κ3) is 7.74. The maximum atomic E-state index is 3.60. The first-order valence-electron chi connectivity index (χ1n) is 7.58. The Morgan fingerprint density at radius 3 is 2.21 bits per heavy atom. The van der Waals surface area contributed by atoms with Gasteiger partial charge >= 0.3 is 0 Å². The van der Waals surface area contributed by atoms with Crippen molar-refractivity contribution in [1.29, 1.82) is 0 Å². The molecule has 1 N–H and O–H groups in total. The van der Waals surface area contributed by atoms with Crippen LogP contribution in [-0.4, -0.2) is 6.54 Å². The summed E-state index contributed by atoms with van der Waals surface area (Å²) in [5, 5.41) is 3.60. The van der Waals surface area contributed by atoms with Gasteiger partial charge in [0.05, 0.1) is 0 Å². The van der Waals surface area contributed by atoms with E-state index in [0.717, 1.165) is 16.9 Å². The van der Waals surface area contributed by atoms with Crippen LogP contribution in [0.5, 0.6) is 0 Å². The van der Waals surface area contributed by atoms with Crippen LogP contribution < -0.4 is 5.32 Å². The van der Waals surface area contributed by atoms with Crippen LogP contribution in [0, 0.1) is 5.92 Å². The van der Waals surface area contributed by atoms with Gasteiger partial charge in [-0.25, -0.2) is 0 Å². The minimum Gasteiger partial charge on any atom is -0.310 e. The molecule has 0 heterocycles. The van der Waals surface area contributed by atoms with E-state index in [1.807, 2.05) is 0 Å². The molecule has 19 heavy (non-hydrogen) atoms. The third-order valence-corrected chi connectivity index (χ3v) is 4.06. The standard InChI is InChI=1S/C17H28BrN/c1-14(2)8-6-4-5-7-13-19-15(3)16-9-11-17(18)12-10-16/h9-12,14-15,19H,4-8,13H2,1-3H3. The van der Waals surface area contributed by atoms with Gasteiger partial charge in [-0.05, 0) is 43.5 Å². The minimum atomic E-state index is 0.448. The molecule has 0 radical (unpaired) electrons. The fourth-order valence-electron chi connectivity index (χ4n) is 2.22. The summed E-state index contributed by atoms with van der Waals surface area (Å²) < 4.78 is 1.15. The molecule has 0 aromatic heterocycles. The zero-order valence-corrected chi connectivity index (χ0v) is 14.2. The Morgan fingerprint density at radius 1 is 0.947 bits per heavy atom. The van der Waals surface area contributed by atoms with E-state index < -0.39 is 0 Å². The van der Waals surface area contributed by atoms with E-state index in [1.54, 1.807) is 0 Å². The van der Waals surface area contributed by atoms with Gasteiger partial charge < -0.3 is 5.32 Å². The molecule has 0 aliphatic carbocycles. The fourth-order valence-corrected chi connectivity index (χ4v) is 2.48. The predicted molar refractivity (Wildman–Crippen MR) is 88.5 cm³/mol. The second-order valence-electron chi connectivity index (χ2n) is 5.82. The normalized spacial score (nSPS) is 12.9. The third-order valence-electron chi connectivity index (χ3n) is 3.53. The van der Waals surface area contributed by atoms with Gasteiger partial charge in [-0.1, -0.05) is 67.6 Å². The smallest absolute Gasteiger partial charge is 0.0291 e. The van der Waals surface area contributed by atoms with E-state index in [2.05, 4.69) is 66.3 Å². The molecule has 0 aliphatic rings. The molecule has 0 saturated heterocycles. The Morgan fingerprint density at radius 2 is 1.58 bits per heavy atom. The fraction of sp³-hybridized carbons (Fsp3) is 0.647. The summed E-state index contributed by atoms with van der Waals surface area (Å²) in [5.74, 6) is 0.857. The van der Waals surface area contributed by atoms with Gasteiger partial charge in [0.25, 0.3) is 0 Å². The maximum absolute atomic E-state index is 3.60. The lowest BCUT2D eigenvalue weighted by Gasteiger charge is -2.14. The van der Waals surface area contributed by atoms with E-state index in [9.17, 15) is 0 Å². The van der Waals surface area contributed by atoms with Crippen molar-refractivity contribution in [2.24, 2.45) is 5.92 Å². The number of nitrogens with one attached hydrogen (secondary N) is 1. The van der Waals surface area contributed by atoms with E-state index in [4.69, 9.17) is 0 Å². The molecule has 1 unspecified atom stereocenters. The highest BCUT2D eigenvalue weighted by Crippen LogP contribution is 2.16. The van der Waals surface area contributed by atoms with Crippen LogP contribution in [0.4, 0.5) is 0 Å². The molecule has 1 atom stereocenters. The molecule has 1 aromatic carbocycles. The highest BCUT2D eigenvalue weighted by Gasteiger charge is 2.03. The zero-order valence-electron chi connectivity index (χ0n) is 12.6. The van der Waals surface area contributed by atoms with Gasteiger partial charge in [0.1, 0.15) is 0 Å². The Bertz CT molecular complexity index is 332. The van der Waals surface area contributed by atoms with Crippen molar-refractivity contribution in [1.82, 2.24) is 5.32 Å². The Labute approximate surface area is 127 Å². The van der Waals surface area contributed by atoms with Gasteiger partial charge in [-0.2, -0.15) is 0 Å². The highest BCUT2D eigenvalue weighted by atomic mass is 79.9. The van der Waals surface area contributed by atoms with E-state index in [0.29, 0.717) is 6.04 Å². The van der Waals surface area contributed by atoms with Crippen LogP contribution in [0.2, 0.25) is 0 Å².